The van der Waals surface area contributed by atoms with Crippen molar-refractivity contribution in [2.24, 2.45) is 0 Å². The van der Waals surface area contributed by atoms with Gasteiger partial charge in [-0.15, -0.1) is 0 Å². The second-order valence-electron chi connectivity index (χ2n) is 21.4. The Labute approximate surface area is 481 Å². The zero-order valence-electron chi connectivity index (χ0n) is 50.0. The predicted molar refractivity (Wildman–Crippen MR) is 328 cm³/mol. The molecule has 1 saturated heterocycles. The van der Waals surface area contributed by atoms with Crippen LogP contribution in [0, 0.1) is 0 Å². The van der Waals surface area contributed by atoms with Crippen LogP contribution in [0.2, 0.25) is 0 Å². The van der Waals surface area contributed by atoms with Crippen molar-refractivity contribution in [2.75, 3.05) is 13.2 Å². The van der Waals surface area contributed by atoms with Crippen molar-refractivity contribution in [3.8, 4) is 0 Å². The van der Waals surface area contributed by atoms with Gasteiger partial charge < -0.3 is 45.1 Å². The van der Waals surface area contributed by atoms with Gasteiger partial charge in [-0.05, 0) is 109 Å². The number of nitrogens with one attached hydrogen (secondary N) is 1. The largest absolute Gasteiger partial charge is 0.454 e. The topological polar surface area (TPSA) is 175 Å². The van der Waals surface area contributed by atoms with E-state index in [0.29, 0.717) is 12.8 Å². The standard InChI is InChI=1S/C68H115NO10/c1-4-7-10-13-16-19-22-24-26-28-29-30-31-32-34-35-37-40-43-46-49-52-55-61(72)67(76)69-59(60(71)54-51-48-45-42-39-21-18-15-12-9-6-3)58-77-68-66(65(75)64(74)62(57-70)78-68)79-63(73)56-53-50-47-44-41-38-36-33-27-25-23-20-17-14-11-8-5-2/h7,10,16-17,19-20,24-27,29-30,32,34,37,40,51,54,59-62,64-66,68,70-72,74-75H,4-6,8-9,11-15,18,21-23,28,31,33,35-36,38-39,41-50,52-53,55-58H2,1-3H3,(H,69,76)/b10-7-,19-16-,20-17-,26-24-,27-25-,30-29-,34-32-,40-37-,54-51+. The number of unbranched alkanes of at least 4 members (excludes halogenated alkanes) is 22. The van der Waals surface area contributed by atoms with Crippen LogP contribution in [0.15, 0.2) is 109 Å². The second kappa shape index (κ2) is 54.9. The maximum Gasteiger partial charge on any atom is 0.306 e. The van der Waals surface area contributed by atoms with Gasteiger partial charge in [-0.25, -0.2) is 0 Å². The van der Waals surface area contributed by atoms with Crippen molar-refractivity contribution in [2.45, 2.75) is 294 Å². The molecular formula is C68H115NO10. The van der Waals surface area contributed by atoms with Crippen molar-refractivity contribution in [1.82, 2.24) is 5.32 Å². The van der Waals surface area contributed by atoms with Crippen LogP contribution >= 0.6 is 0 Å². The van der Waals surface area contributed by atoms with Crippen LogP contribution in [0.1, 0.15) is 245 Å². The van der Waals surface area contributed by atoms with E-state index >= 15 is 0 Å². The van der Waals surface area contributed by atoms with Crippen molar-refractivity contribution in [3.05, 3.63) is 109 Å². The molecule has 0 saturated carbocycles. The molecule has 0 aliphatic carbocycles. The lowest BCUT2D eigenvalue weighted by Gasteiger charge is -2.41. The molecule has 8 unspecified atom stereocenters. The maximum atomic E-state index is 13.4. The summed E-state index contributed by atoms with van der Waals surface area (Å²) in [6.45, 7) is 5.61. The van der Waals surface area contributed by atoms with E-state index in [9.17, 15) is 35.1 Å². The zero-order valence-corrected chi connectivity index (χ0v) is 50.0. The lowest BCUT2D eigenvalue weighted by molar-refractivity contribution is -0.305. The normalized spacial score (nSPS) is 19.6. The Morgan fingerprint density at radius 3 is 1.39 bits per heavy atom. The summed E-state index contributed by atoms with van der Waals surface area (Å²) in [6, 6.07) is -1.05. The summed E-state index contributed by atoms with van der Waals surface area (Å²) < 4.78 is 17.6. The Balaban J connectivity index is 2.68. The fourth-order valence-electron chi connectivity index (χ4n) is 9.15. The Morgan fingerprint density at radius 2 is 0.911 bits per heavy atom. The van der Waals surface area contributed by atoms with Gasteiger partial charge in [-0.1, -0.05) is 239 Å². The molecule has 6 N–H and O–H groups in total. The molecule has 0 aromatic heterocycles. The minimum absolute atomic E-state index is 0.106. The Hall–Kier alpha value is -3.68. The van der Waals surface area contributed by atoms with Gasteiger partial charge in [-0.3, -0.25) is 9.59 Å². The molecule has 0 aromatic rings. The van der Waals surface area contributed by atoms with E-state index in [4.69, 9.17) is 14.2 Å². The number of allylic oxidation sites excluding steroid dienone is 17. The molecule has 452 valence electrons. The number of esters is 1. The van der Waals surface area contributed by atoms with Crippen molar-refractivity contribution in [3.63, 3.8) is 0 Å². The highest BCUT2D eigenvalue weighted by molar-refractivity contribution is 5.80. The number of hydrogen-bond donors (Lipinski definition) is 6. The number of hydrogen-bond acceptors (Lipinski definition) is 10. The highest BCUT2D eigenvalue weighted by Crippen LogP contribution is 2.26. The lowest BCUT2D eigenvalue weighted by atomic mass is 9.99. The van der Waals surface area contributed by atoms with Crippen LogP contribution in [0.3, 0.4) is 0 Å². The SMILES string of the molecule is CC/C=C\C/C=C\C/C=C\C/C=C\C/C=C\C/C=C\CCCCCC(O)C(=O)NC(COC1OC(CO)C(O)C(O)C1OC(=O)CCCCCCCCC/C=C\C/C=C\CCCCC)C(O)/C=C/CCCCCCCCCCC. The summed E-state index contributed by atoms with van der Waals surface area (Å²) >= 11 is 0. The quantitative estimate of drug-likeness (QED) is 0.0195. The smallest absolute Gasteiger partial charge is 0.306 e. The number of amides is 1. The average Bonchev–Trinajstić information content (AvgIpc) is 3.45. The number of carbonyl (C=O) groups is 2. The van der Waals surface area contributed by atoms with Crippen molar-refractivity contribution >= 4 is 11.9 Å². The first-order valence-electron chi connectivity index (χ1n) is 31.7. The number of rotatable bonds is 52. The third-order valence-electron chi connectivity index (χ3n) is 14.2. The summed E-state index contributed by atoms with van der Waals surface area (Å²) in [5, 5.41) is 57.0. The van der Waals surface area contributed by atoms with Gasteiger partial charge in [0.2, 0.25) is 5.91 Å². The van der Waals surface area contributed by atoms with Crippen LogP contribution in [0.4, 0.5) is 0 Å². The Bertz CT molecular complexity index is 1700. The van der Waals surface area contributed by atoms with Gasteiger partial charge in [0.1, 0.15) is 24.4 Å². The van der Waals surface area contributed by atoms with Crippen LogP contribution in [-0.2, 0) is 23.8 Å². The highest BCUT2D eigenvalue weighted by atomic mass is 16.7. The minimum Gasteiger partial charge on any atom is -0.454 e. The molecule has 1 aliphatic heterocycles. The van der Waals surface area contributed by atoms with Crippen LogP contribution in [0.5, 0.6) is 0 Å². The van der Waals surface area contributed by atoms with E-state index in [2.05, 4.69) is 123 Å². The van der Waals surface area contributed by atoms with Gasteiger partial charge >= 0.3 is 5.97 Å². The van der Waals surface area contributed by atoms with Crippen LogP contribution < -0.4 is 5.32 Å². The number of aliphatic hydroxyl groups is 5. The van der Waals surface area contributed by atoms with E-state index in [1.165, 1.54) is 77.0 Å². The lowest BCUT2D eigenvalue weighted by Crippen LogP contribution is -2.61. The molecule has 0 radical (unpaired) electrons. The third kappa shape index (κ3) is 42.8. The fourth-order valence-corrected chi connectivity index (χ4v) is 9.15. The molecule has 11 heteroatoms. The van der Waals surface area contributed by atoms with E-state index in [1.54, 1.807) is 6.08 Å². The maximum absolute atomic E-state index is 13.4. The highest BCUT2D eigenvalue weighted by Gasteiger charge is 2.47. The third-order valence-corrected chi connectivity index (χ3v) is 14.2. The predicted octanol–water partition coefficient (Wildman–Crippen LogP) is 15.3. The summed E-state index contributed by atoms with van der Waals surface area (Å²) in [5.74, 6) is -1.24. The van der Waals surface area contributed by atoms with E-state index < -0.39 is 67.4 Å². The number of carbonyl (C=O) groups excluding carboxylic acids is 2. The van der Waals surface area contributed by atoms with Gasteiger partial charge in [0.25, 0.3) is 0 Å². The molecule has 1 amide bonds. The second-order valence-corrected chi connectivity index (χ2v) is 21.4. The summed E-state index contributed by atoms with van der Waals surface area (Å²) in [7, 11) is 0. The molecule has 8 atom stereocenters. The summed E-state index contributed by atoms with van der Waals surface area (Å²) in [4.78, 5) is 26.6. The number of ether oxygens (including phenoxy) is 3. The molecule has 11 nitrogen and oxygen atoms in total. The molecule has 0 spiro atoms. The van der Waals surface area contributed by atoms with E-state index in [1.807, 2.05) is 6.08 Å². The first kappa shape index (κ1) is 73.3. The molecule has 0 aromatic carbocycles. The minimum atomic E-state index is -1.63. The van der Waals surface area contributed by atoms with E-state index in [0.717, 1.165) is 122 Å². The van der Waals surface area contributed by atoms with Gasteiger partial charge in [-0.2, -0.15) is 0 Å². The monoisotopic (exact) mass is 1110 g/mol. The molecule has 1 aliphatic rings. The molecule has 1 fully saturated rings. The van der Waals surface area contributed by atoms with Crippen molar-refractivity contribution < 1.29 is 49.3 Å². The first-order chi connectivity index (χ1) is 38.7. The van der Waals surface area contributed by atoms with Crippen LogP contribution in [-0.4, -0.2) is 99.6 Å². The Morgan fingerprint density at radius 1 is 0.506 bits per heavy atom. The molecule has 1 rings (SSSR count). The Kier molecular flexibility index (Phi) is 50.9. The summed E-state index contributed by atoms with van der Waals surface area (Å²) in [6.07, 6.45) is 64.1. The zero-order chi connectivity index (χ0) is 57.5. The van der Waals surface area contributed by atoms with Gasteiger partial charge in [0.15, 0.2) is 12.4 Å². The van der Waals surface area contributed by atoms with E-state index in [-0.39, 0.29) is 19.4 Å². The van der Waals surface area contributed by atoms with Gasteiger partial charge in [0.05, 0.1) is 25.4 Å². The van der Waals surface area contributed by atoms with Crippen molar-refractivity contribution in [1.29, 1.82) is 0 Å². The molecular weight excluding hydrogens is 991 g/mol. The fraction of sp³-hybridized carbons (Fsp3) is 0.706. The average molecular weight is 1110 g/mol. The summed E-state index contributed by atoms with van der Waals surface area (Å²) in [5.41, 5.74) is 0. The molecule has 79 heavy (non-hydrogen) atoms. The number of aliphatic hydroxyl groups excluding tert-OH is 5. The van der Waals surface area contributed by atoms with Gasteiger partial charge in [0, 0.05) is 6.42 Å². The first-order valence-corrected chi connectivity index (χ1v) is 31.7. The molecule has 0 bridgehead atoms. The molecule has 1 heterocycles. The van der Waals surface area contributed by atoms with Crippen LogP contribution in [0.25, 0.3) is 0 Å².